The summed E-state index contributed by atoms with van der Waals surface area (Å²) in [6, 6.07) is -0.0812. The van der Waals surface area contributed by atoms with Gasteiger partial charge in [-0.1, -0.05) is 13.8 Å². The molecule has 0 aliphatic heterocycles. The van der Waals surface area contributed by atoms with Crippen LogP contribution < -0.4 is 5.73 Å². The van der Waals surface area contributed by atoms with Crippen molar-refractivity contribution in [1.82, 2.24) is 0 Å². The molecule has 0 spiro atoms. The normalized spacial score (nSPS) is 15.0. The fourth-order valence-electron chi connectivity index (χ4n) is 1.29. The zero-order valence-corrected chi connectivity index (χ0v) is 8.19. The van der Waals surface area contributed by atoms with E-state index in [0.717, 1.165) is 6.42 Å². The summed E-state index contributed by atoms with van der Waals surface area (Å²) in [6.45, 7) is 4.03. The summed E-state index contributed by atoms with van der Waals surface area (Å²) in [6.07, 6.45) is -3.32. The Morgan fingerprint density at radius 2 is 1.77 bits per heavy atom. The Hall–Kier alpha value is -0.250. The second kappa shape index (κ2) is 5.47. The van der Waals surface area contributed by atoms with Gasteiger partial charge in [0.15, 0.2) is 0 Å². The molecule has 1 atom stereocenters. The van der Waals surface area contributed by atoms with Gasteiger partial charge in [-0.05, 0) is 25.2 Å². The van der Waals surface area contributed by atoms with E-state index in [-0.39, 0.29) is 12.5 Å². The number of hydrogen-bond donors (Lipinski definition) is 1. The molecular formula is C9H18F3N. The molecule has 4 heteroatoms. The molecule has 0 heterocycles. The Bertz CT molecular complexity index is 131. The zero-order valence-electron chi connectivity index (χ0n) is 8.19. The molecule has 80 valence electrons. The van der Waals surface area contributed by atoms with Crippen LogP contribution in [0.3, 0.4) is 0 Å². The number of nitrogens with two attached hydrogens (primary N) is 1. The third kappa shape index (κ3) is 9.67. The number of halogens is 3. The van der Waals surface area contributed by atoms with Gasteiger partial charge in [0, 0.05) is 12.5 Å². The fraction of sp³-hybridized carbons (Fsp3) is 1.00. The molecule has 0 aromatic carbocycles. The van der Waals surface area contributed by atoms with Crippen LogP contribution in [0.2, 0.25) is 0 Å². The molecule has 0 amide bonds. The fourth-order valence-corrected chi connectivity index (χ4v) is 1.29. The van der Waals surface area contributed by atoms with Gasteiger partial charge in [0.05, 0.1) is 0 Å². The molecule has 0 saturated heterocycles. The predicted octanol–water partition coefficient (Wildman–Crippen LogP) is 3.09. The SMILES string of the molecule is CC(C)CC(N)CCCC(F)(F)F. The van der Waals surface area contributed by atoms with E-state index < -0.39 is 12.6 Å². The van der Waals surface area contributed by atoms with Crippen molar-refractivity contribution in [3.8, 4) is 0 Å². The Labute approximate surface area is 77.5 Å². The highest BCUT2D eigenvalue weighted by atomic mass is 19.4. The van der Waals surface area contributed by atoms with Crippen molar-refractivity contribution < 1.29 is 13.2 Å². The van der Waals surface area contributed by atoms with E-state index >= 15 is 0 Å². The van der Waals surface area contributed by atoms with Crippen LogP contribution in [0, 0.1) is 5.92 Å². The van der Waals surface area contributed by atoms with Gasteiger partial charge in [-0.25, -0.2) is 0 Å². The summed E-state index contributed by atoms with van der Waals surface area (Å²) < 4.78 is 35.2. The monoisotopic (exact) mass is 197 g/mol. The van der Waals surface area contributed by atoms with Gasteiger partial charge in [0.1, 0.15) is 0 Å². The molecule has 0 aliphatic carbocycles. The summed E-state index contributed by atoms with van der Waals surface area (Å²) in [5.74, 6) is 0.459. The first-order valence-corrected chi connectivity index (χ1v) is 4.63. The zero-order chi connectivity index (χ0) is 10.5. The largest absolute Gasteiger partial charge is 0.389 e. The molecule has 2 N–H and O–H groups in total. The third-order valence-electron chi connectivity index (χ3n) is 1.81. The molecular weight excluding hydrogens is 179 g/mol. The number of hydrogen-bond acceptors (Lipinski definition) is 1. The van der Waals surface area contributed by atoms with Crippen molar-refractivity contribution in [1.29, 1.82) is 0 Å². The van der Waals surface area contributed by atoms with Gasteiger partial charge in [-0.2, -0.15) is 13.2 Å². The Balaban J connectivity index is 3.42. The van der Waals surface area contributed by atoms with Crippen molar-refractivity contribution in [3.05, 3.63) is 0 Å². The van der Waals surface area contributed by atoms with Crippen LogP contribution in [-0.2, 0) is 0 Å². The van der Waals surface area contributed by atoms with Gasteiger partial charge >= 0.3 is 6.18 Å². The van der Waals surface area contributed by atoms with E-state index in [1.165, 1.54) is 0 Å². The first-order chi connectivity index (χ1) is 5.81. The van der Waals surface area contributed by atoms with Gasteiger partial charge in [-0.15, -0.1) is 0 Å². The topological polar surface area (TPSA) is 26.0 Å². The lowest BCUT2D eigenvalue weighted by Crippen LogP contribution is -2.22. The number of alkyl halides is 3. The second-order valence-corrected chi connectivity index (χ2v) is 3.90. The van der Waals surface area contributed by atoms with Crippen LogP contribution in [-0.4, -0.2) is 12.2 Å². The van der Waals surface area contributed by atoms with Crippen LogP contribution in [0.4, 0.5) is 13.2 Å². The lowest BCUT2D eigenvalue weighted by atomic mass is 10.00. The molecule has 0 bridgehead atoms. The van der Waals surface area contributed by atoms with Gasteiger partial charge in [0.2, 0.25) is 0 Å². The molecule has 1 nitrogen and oxygen atoms in total. The predicted molar refractivity (Wildman–Crippen MR) is 47.3 cm³/mol. The molecule has 0 rings (SSSR count). The summed E-state index contributed by atoms with van der Waals surface area (Å²) in [5, 5.41) is 0. The molecule has 1 unspecified atom stereocenters. The van der Waals surface area contributed by atoms with E-state index in [0.29, 0.717) is 12.3 Å². The second-order valence-electron chi connectivity index (χ2n) is 3.90. The van der Waals surface area contributed by atoms with Gasteiger partial charge < -0.3 is 5.73 Å². The molecule has 0 aromatic heterocycles. The van der Waals surface area contributed by atoms with E-state index in [2.05, 4.69) is 0 Å². The summed E-state index contributed by atoms with van der Waals surface area (Å²) in [4.78, 5) is 0. The van der Waals surface area contributed by atoms with Crippen LogP contribution in [0.1, 0.15) is 39.5 Å². The van der Waals surface area contributed by atoms with Gasteiger partial charge in [0.25, 0.3) is 0 Å². The Morgan fingerprint density at radius 3 is 2.15 bits per heavy atom. The lowest BCUT2D eigenvalue weighted by Gasteiger charge is -2.14. The van der Waals surface area contributed by atoms with Crippen molar-refractivity contribution in [2.75, 3.05) is 0 Å². The maximum Gasteiger partial charge on any atom is 0.389 e. The average Bonchev–Trinajstić information content (AvgIpc) is 1.81. The van der Waals surface area contributed by atoms with Crippen molar-refractivity contribution in [2.24, 2.45) is 11.7 Å². The molecule has 0 saturated carbocycles. The Kier molecular flexibility index (Phi) is 5.37. The molecule has 0 radical (unpaired) electrons. The standard InChI is InChI=1S/C9H18F3N/c1-7(2)6-8(13)4-3-5-9(10,11)12/h7-8H,3-6,13H2,1-2H3. The van der Waals surface area contributed by atoms with E-state index in [4.69, 9.17) is 5.73 Å². The summed E-state index contributed by atoms with van der Waals surface area (Å²) >= 11 is 0. The lowest BCUT2D eigenvalue weighted by molar-refractivity contribution is -0.135. The average molecular weight is 197 g/mol. The van der Waals surface area contributed by atoms with Gasteiger partial charge in [-0.3, -0.25) is 0 Å². The van der Waals surface area contributed by atoms with E-state index in [9.17, 15) is 13.2 Å². The van der Waals surface area contributed by atoms with Crippen molar-refractivity contribution in [3.63, 3.8) is 0 Å². The first kappa shape index (κ1) is 12.8. The molecule has 0 aliphatic rings. The van der Waals surface area contributed by atoms with Crippen LogP contribution in [0.5, 0.6) is 0 Å². The summed E-state index contributed by atoms with van der Waals surface area (Å²) in [5.41, 5.74) is 5.64. The quantitative estimate of drug-likeness (QED) is 0.720. The molecule has 0 aromatic rings. The van der Waals surface area contributed by atoms with E-state index in [1.54, 1.807) is 0 Å². The Morgan fingerprint density at radius 1 is 1.23 bits per heavy atom. The minimum atomic E-state index is -4.03. The van der Waals surface area contributed by atoms with Crippen LogP contribution in [0.15, 0.2) is 0 Å². The minimum absolute atomic E-state index is 0.0812. The smallest absolute Gasteiger partial charge is 0.328 e. The highest BCUT2D eigenvalue weighted by molar-refractivity contribution is 4.64. The van der Waals surface area contributed by atoms with Crippen molar-refractivity contribution >= 4 is 0 Å². The van der Waals surface area contributed by atoms with Crippen molar-refractivity contribution in [2.45, 2.75) is 51.7 Å². The maximum atomic E-state index is 11.7. The summed E-state index contributed by atoms with van der Waals surface area (Å²) in [7, 11) is 0. The highest BCUT2D eigenvalue weighted by Gasteiger charge is 2.26. The number of rotatable bonds is 5. The molecule has 0 fully saturated rings. The van der Waals surface area contributed by atoms with Crippen LogP contribution in [0.25, 0.3) is 0 Å². The highest BCUT2D eigenvalue weighted by Crippen LogP contribution is 2.23. The minimum Gasteiger partial charge on any atom is -0.328 e. The third-order valence-corrected chi connectivity index (χ3v) is 1.81. The maximum absolute atomic E-state index is 11.7. The first-order valence-electron chi connectivity index (χ1n) is 4.63. The molecule has 13 heavy (non-hydrogen) atoms. The van der Waals surface area contributed by atoms with Crippen LogP contribution >= 0.6 is 0 Å². The van der Waals surface area contributed by atoms with E-state index in [1.807, 2.05) is 13.8 Å².